The number of hydrogen-bond donors (Lipinski definition) is 2. The highest BCUT2D eigenvalue weighted by molar-refractivity contribution is 6.52. The molecule has 1 aromatic carbocycles. The Kier molecular flexibility index (Phi) is 2.72. The molecule has 5 nitrogen and oxygen atoms in total. The maximum Gasteiger partial charge on any atom is 0.300 e. The topological polar surface area (TPSA) is 83.6 Å². The van der Waals surface area contributed by atoms with E-state index in [1.54, 1.807) is 24.3 Å². The molecule has 1 aliphatic heterocycles. The van der Waals surface area contributed by atoms with Crippen LogP contribution in [0.4, 0.5) is 5.69 Å². The monoisotopic (exact) mass is 220 g/mol. The average Bonchev–Trinajstić information content (AvgIpc) is 2.53. The molecule has 0 aliphatic carbocycles. The third-order valence-corrected chi connectivity index (χ3v) is 2.58. The van der Waals surface area contributed by atoms with Crippen molar-refractivity contribution in [2.45, 2.75) is 12.6 Å². The molecule has 1 unspecified atom stereocenters. The van der Waals surface area contributed by atoms with Crippen LogP contribution in [0.2, 0.25) is 0 Å². The maximum atomic E-state index is 11.7. The number of Topliss-reactive ketones (excluding diaryl/α,β-unsaturated/α-hetero) is 1. The third-order valence-electron chi connectivity index (χ3n) is 2.58. The van der Waals surface area contributed by atoms with Gasteiger partial charge in [0, 0.05) is 13.0 Å². The molecule has 1 aromatic rings. The Morgan fingerprint density at radius 3 is 2.69 bits per heavy atom. The van der Waals surface area contributed by atoms with Crippen LogP contribution in [0.25, 0.3) is 0 Å². The number of nitrogens with two attached hydrogens (primary N) is 1. The number of carbonyl (C=O) groups excluding carboxylic acids is 2. The Hall–Kier alpha value is -1.72. The molecule has 16 heavy (non-hydrogen) atoms. The molecule has 0 radical (unpaired) electrons. The Morgan fingerprint density at radius 1 is 1.31 bits per heavy atom. The van der Waals surface area contributed by atoms with Gasteiger partial charge in [-0.3, -0.25) is 14.5 Å². The van der Waals surface area contributed by atoms with Crippen LogP contribution < -0.4 is 10.6 Å². The summed E-state index contributed by atoms with van der Waals surface area (Å²) in [7, 11) is 0. The molecule has 0 saturated carbocycles. The minimum atomic E-state index is -0.662. The zero-order chi connectivity index (χ0) is 11.7. The lowest BCUT2D eigenvalue weighted by Crippen LogP contribution is -2.45. The molecular formula is C11H12N2O3. The quantitative estimate of drug-likeness (QED) is 0.696. The normalized spacial score (nSPS) is 16.5. The molecule has 0 bridgehead atoms. The zero-order valence-corrected chi connectivity index (χ0v) is 8.59. The van der Waals surface area contributed by atoms with Crippen LogP contribution in [0.1, 0.15) is 16.8 Å². The van der Waals surface area contributed by atoms with Gasteiger partial charge in [0.1, 0.15) is 0 Å². The summed E-state index contributed by atoms with van der Waals surface area (Å²) in [5.74, 6) is -1.16. The highest BCUT2D eigenvalue weighted by Gasteiger charge is 2.38. The maximum absolute atomic E-state index is 11.7. The van der Waals surface area contributed by atoms with Crippen molar-refractivity contribution in [1.29, 1.82) is 0 Å². The van der Waals surface area contributed by atoms with E-state index in [-0.39, 0.29) is 13.0 Å². The van der Waals surface area contributed by atoms with E-state index in [4.69, 9.17) is 10.8 Å². The summed E-state index contributed by atoms with van der Waals surface area (Å²) >= 11 is 0. The lowest BCUT2D eigenvalue weighted by atomic mass is 10.1. The van der Waals surface area contributed by atoms with Crippen molar-refractivity contribution >= 4 is 17.4 Å². The van der Waals surface area contributed by atoms with E-state index in [0.29, 0.717) is 11.3 Å². The van der Waals surface area contributed by atoms with Crippen LogP contribution in [-0.2, 0) is 4.79 Å². The van der Waals surface area contributed by atoms with Crippen molar-refractivity contribution in [3.8, 4) is 0 Å². The van der Waals surface area contributed by atoms with Crippen molar-refractivity contribution < 1.29 is 14.7 Å². The van der Waals surface area contributed by atoms with Crippen molar-refractivity contribution in [3.05, 3.63) is 29.8 Å². The van der Waals surface area contributed by atoms with Gasteiger partial charge in [-0.1, -0.05) is 12.1 Å². The Bertz CT molecular complexity index is 445. The first-order valence-electron chi connectivity index (χ1n) is 5.00. The summed E-state index contributed by atoms with van der Waals surface area (Å²) in [4.78, 5) is 24.5. The second kappa shape index (κ2) is 4.03. The molecule has 0 fully saturated rings. The first kappa shape index (κ1) is 10.8. The molecule has 1 amide bonds. The second-order valence-electron chi connectivity index (χ2n) is 3.60. The number of fused-ring (bicyclic) bond motifs is 1. The number of benzene rings is 1. The number of nitrogens with zero attached hydrogens (tertiary/aromatic N) is 1. The zero-order valence-electron chi connectivity index (χ0n) is 8.59. The SMILES string of the molecule is NC(CCO)N1C(=O)C(=O)c2ccccc21. The fourth-order valence-corrected chi connectivity index (χ4v) is 1.80. The fourth-order valence-electron chi connectivity index (χ4n) is 1.80. The molecule has 0 aromatic heterocycles. The van der Waals surface area contributed by atoms with Crippen molar-refractivity contribution in [3.63, 3.8) is 0 Å². The van der Waals surface area contributed by atoms with Crippen LogP contribution in [0.15, 0.2) is 24.3 Å². The van der Waals surface area contributed by atoms with E-state index < -0.39 is 17.9 Å². The average molecular weight is 220 g/mol. The minimum Gasteiger partial charge on any atom is -0.396 e. The van der Waals surface area contributed by atoms with E-state index in [2.05, 4.69) is 0 Å². The van der Waals surface area contributed by atoms with Gasteiger partial charge >= 0.3 is 5.91 Å². The van der Waals surface area contributed by atoms with Gasteiger partial charge in [-0.25, -0.2) is 0 Å². The van der Waals surface area contributed by atoms with Crippen molar-refractivity contribution in [2.75, 3.05) is 11.5 Å². The van der Waals surface area contributed by atoms with Crippen LogP contribution >= 0.6 is 0 Å². The second-order valence-corrected chi connectivity index (χ2v) is 3.60. The third kappa shape index (κ3) is 1.50. The van der Waals surface area contributed by atoms with Crippen molar-refractivity contribution in [1.82, 2.24) is 0 Å². The van der Waals surface area contributed by atoms with Gasteiger partial charge in [0.15, 0.2) is 0 Å². The number of aliphatic hydroxyl groups is 1. The lowest BCUT2D eigenvalue weighted by Gasteiger charge is -2.23. The molecule has 5 heteroatoms. The standard InChI is InChI=1S/C11H12N2O3/c12-9(5-6-14)13-8-4-2-1-3-7(8)10(15)11(13)16/h1-4,9,14H,5-6,12H2. The molecule has 3 N–H and O–H groups in total. The number of para-hydroxylation sites is 1. The first-order valence-corrected chi connectivity index (χ1v) is 5.00. The summed E-state index contributed by atoms with van der Waals surface area (Å²) in [5, 5.41) is 8.79. The number of carbonyl (C=O) groups is 2. The van der Waals surface area contributed by atoms with Crippen molar-refractivity contribution in [2.24, 2.45) is 5.73 Å². The van der Waals surface area contributed by atoms with Gasteiger partial charge in [0.2, 0.25) is 0 Å². The Balaban J connectivity index is 2.41. The molecule has 1 aliphatic rings. The predicted molar refractivity (Wildman–Crippen MR) is 57.9 cm³/mol. The van der Waals surface area contributed by atoms with Crippen LogP contribution in [0.3, 0.4) is 0 Å². The highest BCUT2D eigenvalue weighted by atomic mass is 16.3. The Morgan fingerprint density at radius 2 is 2.00 bits per heavy atom. The van der Waals surface area contributed by atoms with E-state index >= 15 is 0 Å². The molecular weight excluding hydrogens is 208 g/mol. The largest absolute Gasteiger partial charge is 0.396 e. The van der Waals surface area contributed by atoms with Gasteiger partial charge < -0.3 is 10.8 Å². The van der Waals surface area contributed by atoms with Gasteiger partial charge in [0.05, 0.1) is 17.4 Å². The number of hydrogen-bond acceptors (Lipinski definition) is 4. The number of amides is 1. The molecule has 0 saturated heterocycles. The van der Waals surface area contributed by atoms with Crippen LogP contribution in [0, 0.1) is 0 Å². The first-order chi connectivity index (χ1) is 7.66. The van der Waals surface area contributed by atoms with Crippen LogP contribution in [0.5, 0.6) is 0 Å². The molecule has 1 atom stereocenters. The summed E-state index contributed by atoms with van der Waals surface area (Å²) in [6.45, 7) is -0.124. The van der Waals surface area contributed by atoms with Gasteiger partial charge in [0.25, 0.3) is 5.78 Å². The lowest BCUT2D eigenvalue weighted by molar-refractivity contribution is -0.114. The smallest absolute Gasteiger partial charge is 0.300 e. The molecule has 84 valence electrons. The van der Waals surface area contributed by atoms with E-state index in [1.807, 2.05) is 0 Å². The molecule has 1 heterocycles. The summed E-state index contributed by atoms with van der Waals surface area (Å²) in [6.07, 6.45) is -0.419. The van der Waals surface area contributed by atoms with E-state index in [1.165, 1.54) is 4.90 Å². The summed E-state index contributed by atoms with van der Waals surface area (Å²) in [6, 6.07) is 6.71. The van der Waals surface area contributed by atoms with E-state index in [0.717, 1.165) is 0 Å². The summed E-state index contributed by atoms with van der Waals surface area (Å²) < 4.78 is 0. The predicted octanol–water partition coefficient (Wildman–Crippen LogP) is -0.117. The number of anilines is 1. The minimum absolute atomic E-state index is 0.124. The van der Waals surface area contributed by atoms with Crippen LogP contribution in [-0.4, -0.2) is 29.6 Å². The van der Waals surface area contributed by atoms with Gasteiger partial charge in [-0.15, -0.1) is 0 Å². The Labute approximate surface area is 92.5 Å². The fraction of sp³-hybridized carbons (Fsp3) is 0.273. The molecule has 2 rings (SSSR count). The number of ketones is 1. The highest BCUT2D eigenvalue weighted by Crippen LogP contribution is 2.29. The van der Waals surface area contributed by atoms with Gasteiger partial charge in [-0.2, -0.15) is 0 Å². The summed E-state index contributed by atoms with van der Waals surface area (Å²) in [5.41, 5.74) is 6.65. The molecule has 0 spiro atoms. The number of aliphatic hydroxyl groups excluding tert-OH is 1. The van der Waals surface area contributed by atoms with E-state index in [9.17, 15) is 9.59 Å². The number of rotatable bonds is 3. The van der Waals surface area contributed by atoms with Gasteiger partial charge in [-0.05, 0) is 12.1 Å².